The van der Waals surface area contributed by atoms with Crippen molar-refractivity contribution in [3.8, 4) is 0 Å². The molecule has 0 aromatic heterocycles. The van der Waals surface area contributed by atoms with Crippen LogP contribution in [0.5, 0.6) is 0 Å². The summed E-state index contributed by atoms with van der Waals surface area (Å²) in [6.45, 7) is 17.2. The van der Waals surface area contributed by atoms with Crippen LogP contribution in [0.4, 0.5) is 0 Å². The van der Waals surface area contributed by atoms with E-state index in [2.05, 4.69) is 54.5 Å². The van der Waals surface area contributed by atoms with Crippen LogP contribution in [0.15, 0.2) is 11.6 Å². The van der Waals surface area contributed by atoms with Gasteiger partial charge in [0.2, 0.25) is 0 Å². The predicted octanol–water partition coefficient (Wildman–Crippen LogP) is 7.32. The van der Waals surface area contributed by atoms with Crippen molar-refractivity contribution in [2.45, 2.75) is 119 Å². The second kappa shape index (κ2) is 7.36. The minimum Gasteiger partial charge on any atom is -0.469 e. The van der Waals surface area contributed by atoms with Gasteiger partial charge in [0.15, 0.2) is 0 Å². The minimum atomic E-state index is -0.323. The van der Waals surface area contributed by atoms with E-state index >= 15 is 0 Å². The molecule has 1 N–H and O–H groups in total. The highest BCUT2D eigenvalue weighted by Gasteiger charge is 2.69. The van der Waals surface area contributed by atoms with Crippen molar-refractivity contribution in [1.82, 2.24) is 0 Å². The van der Waals surface area contributed by atoms with E-state index in [0.717, 1.165) is 51.4 Å². The third-order valence-electron chi connectivity index (χ3n) is 13.2. The summed E-state index contributed by atoms with van der Waals surface area (Å²) in [6.07, 6.45) is 13.4. The lowest BCUT2D eigenvalue weighted by Gasteiger charge is -2.71. The summed E-state index contributed by atoms with van der Waals surface area (Å²) in [7, 11) is 1.59. The van der Waals surface area contributed by atoms with Crippen LogP contribution in [-0.2, 0) is 9.53 Å². The molecular formula is C31H50O3. The van der Waals surface area contributed by atoms with Crippen molar-refractivity contribution in [2.24, 2.45) is 50.2 Å². The molecule has 0 aromatic rings. The number of esters is 1. The quantitative estimate of drug-likeness (QED) is 0.322. The highest BCUT2D eigenvalue weighted by atomic mass is 16.5. The molecule has 4 saturated carbocycles. The average Bonchev–Trinajstić information content (AvgIpc) is 2.76. The Balaban J connectivity index is 1.60. The first-order valence-electron chi connectivity index (χ1n) is 14.2. The van der Waals surface area contributed by atoms with Gasteiger partial charge in [0.1, 0.15) is 0 Å². The fourth-order valence-electron chi connectivity index (χ4n) is 10.8. The van der Waals surface area contributed by atoms with Crippen molar-refractivity contribution in [3.05, 3.63) is 11.6 Å². The monoisotopic (exact) mass is 470 g/mol. The fourth-order valence-corrected chi connectivity index (χ4v) is 10.8. The lowest BCUT2D eigenvalue weighted by molar-refractivity contribution is -0.206. The molecule has 0 bridgehead atoms. The molecule has 5 rings (SSSR count). The van der Waals surface area contributed by atoms with Gasteiger partial charge in [-0.3, -0.25) is 4.79 Å². The molecule has 0 aliphatic heterocycles. The molecule has 0 amide bonds. The standard InChI is InChI=1S/C31H50O3/c1-26(2)15-17-31(25(33)34-8)18-16-29(6)20(21(31)19-26)9-10-23-28(5)13-12-24(32)27(3,4)22(28)11-14-30(23,29)7/h9,21-24,32H,10-19H2,1-8H3/t21-,22?,23-,24+,28+,29-,30-,31+/m1/s1. The SMILES string of the molecule is COC(=O)[C@]12CCC(C)(C)C[C@@H]1C1=CC[C@@H]3[C@@]4(C)CC[C@H](O)C(C)(C)C4CC[C@@]3(C)[C@]1(C)CC2. The van der Waals surface area contributed by atoms with Crippen LogP contribution in [-0.4, -0.2) is 24.3 Å². The number of aliphatic hydroxyl groups excluding tert-OH is 1. The first-order chi connectivity index (χ1) is 15.7. The molecule has 3 heteroatoms. The first-order valence-corrected chi connectivity index (χ1v) is 14.2. The smallest absolute Gasteiger partial charge is 0.312 e. The molecule has 0 heterocycles. The van der Waals surface area contributed by atoms with E-state index in [1.54, 1.807) is 12.7 Å². The van der Waals surface area contributed by atoms with Crippen molar-refractivity contribution in [2.75, 3.05) is 7.11 Å². The fraction of sp³-hybridized carbons (Fsp3) is 0.903. The van der Waals surface area contributed by atoms with Crippen molar-refractivity contribution in [3.63, 3.8) is 0 Å². The van der Waals surface area contributed by atoms with Crippen LogP contribution in [0.1, 0.15) is 113 Å². The lowest BCUT2D eigenvalue weighted by atomic mass is 9.33. The van der Waals surface area contributed by atoms with E-state index in [1.807, 2.05) is 0 Å². The Hall–Kier alpha value is -0.830. The van der Waals surface area contributed by atoms with Gasteiger partial charge in [0, 0.05) is 0 Å². The zero-order chi connectivity index (χ0) is 24.9. The predicted molar refractivity (Wildman–Crippen MR) is 137 cm³/mol. The molecule has 192 valence electrons. The van der Waals surface area contributed by atoms with Gasteiger partial charge >= 0.3 is 5.97 Å². The van der Waals surface area contributed by atoms with E-state index in [4.69, 9.17) is 4.74 Å². The number of fused-ring (bicyclic) bond motifs is 7. The molecule has 3 nitrogen and oxygen atoms in total. The van der Waals surface area contributed by atoms with Crippen LogP contribution in [0.2, 0.25) is 0 Å². The van der Waals surface area contributed by atoms with E-state index in [-0.39, 0.29) is 44.6 Å². The third-order valence-corrected chi connectivity index (χ3v) is 13.2. The van der Waals surface area contributed by atoms with Gasteiger partial charge < -0.3 is 9.84 Å². The summed E-state index contributed by atoms with van der Waals surface area (Å²) in [5.74, 6) is 1.57. The largest absolute Gasteiger partial charge is 0.469 e. The van der Waals surface area contributed by atoms with Crippen molar-refractivity contribution >= 4 is 5.97 Å². The average molecular weight is 471 g/mol. The van der Waals surface area contributed by atoms with Crippen molar-refractivity contribution < 1.29 is 14.6 Å². The molecule has 0 spiro atoms. The maximum atomic E-state index is 13.3. The molecule has 0 radical (unpaired) electrons. The summed E-state index contributed by atoms with van der Waals surface area (Å²) in [5.41, 5.74) is 2.18. The number of ether oxygens (including phenoxy) is 1. The molecule has 34 heavy (non-hydrogen) atoms. The summed E-state index contributed by atoms with van der Waals surface area (Å²) >= 11 is 0. The molecule has 5 aliphatic carbocycles. The maximum Gasteiger partial charge on any atom is 0.312 e. The van der Waals surface area contributed by atoms with Crippen LogP contribution >= 0.6 is 0 Å². The Morgan fingerprint density at radius 3 is 2.26 bits per heavy atom. The molecule has 1 unspecified atom stereocenters. The van der Waals surface area contributed by atoms with Gasteiger partial charge in [-0.15, -0.1) is 0 Å². The maximum absolute atomic E-state index is 13.3. The van der Waals surface area contributed by atoms with Crippen molar-refractivity contribution in [1.29, 1.82) is 0 Å². The molecule has 0 aromatic carbocycles. The first kappa shape index (κ1) is 24.8. The zero-order valence-electron chi connectivity index (χ0n) is 23.2. The van der Waals surface area contributed by atoms with E-state index < -0.39 is 0 Å². The highest BCUT2D eigenvalue weighted by molar-refractivity contribution is 5.78. The molecule has 4 fully saturated rings. The third kappa shape index (κ3) is 2.94. The second-order valence-corrected chi connectivity index (χ2v) is 15.2. The molecule has 5 aliphatic rings. The van der Waals surface area contributed by atoms with Crippen LogP contribution in [0.25, 0.3) is 0 Å². The lowest BCUT2D eigenvalue weighted by Crippen LogP contribution is -2.65. The van der Waals surface area contributed by atoms with Gasteiger partial charge in [-0.1, -0.05) is 60.1 Å². The van der Waals surface area contributed by atoms with Crippen LogP contribution in [0.3, 0.4) is 0 Å². The van der Waals surface area contributed by atoms with Crippen LogP contribution in [0, 0.1) is 50.2 Å². The number of hydrogen-bond acceptors (Lipinski definition) is 3. The number of carbonyl (C=O) groups excluding carboxylic acids is 1. The second-order valence-electron chi connectivity index (χ2n) is 15.2. The molecule has 8 atom stereocenters. The Kier molecular flexibility index (Phi) is 5.38. The number of aliphatic hydroxyl groups is 1. The summed E-state index contributed by atoms with van der Waals surface area (Å²) < 4.78 is 5.49. The summed E-state index contributed by atoms with van der Waals surface area (Å²) in [6, 6.07) is 0. The van der Waals surface area contributed by atoms with Gasteiger partial charge in [-0.25, -0.2) is 0 Å². The van der Waals surface area contributed by atoms with Gasteiger partial charge in [-0.2, -0.15) is 0 Å². The number of carbonyl (C=O) groups is 1. The van der Waals surface area contributed by atoms with Gasteiger partial charge in [0.05, 0.1) is 18.6 Å². The Labute approximate surface area is 208 Å². The molecular weight excluding hydrogens is 420 g/mol. The van der Waals surface area contributed by atoms with Gasteiger partial charge in [-0.05, 0) is 109 Å². The van der Waals surface area contributed by atoms with E-state index in [9.17, 15) is 9.90 Å². The zero-order valence-corrected chi connectivity index (χ0v) is 23.2. The summed E-state index contributed by atoms with van der Waals surface area (Å²) in [5, 5.41) is 10.9. The summed E-state index contributed by atoms with van der Waals surface area (Å²) in [4.78, 5) is 13.3. The minimum absolute atomic E-state index is 0.0147. The Bertz CT molecular complexity index is 900. The number of methoxy groups -OCH3 is 1. The number of allylic oxidation sites excluding steroid dienone is 2. The number of rotatable bonds is 1. The van der Waals surface area contributed by atoms with Gasteiger partial charge in [0.25, 0.3) is 0 Å². The van der Waals surface area contributed by atoms with Crippen LogP contribution < -0.4 is 0 Å². The van der Waals surface area contributed by atoms with E-state index in [1.165, 1.54) is 12.8 Å². The normalized spacial score (nSPS) is 51.1. The van der Waals surface area contributed by atoms with E-state index in [0.29, 0.717) is 17.8 Å². The highest BCUT2D eigenvalue weighted by Crippen LogP contribution is 2.75. The molecule has 0 saturated heterocycles. The number of hydrogen-bond donors (Lipinski definition) is 1. The Morgan fingerprint density at radius 1 is 0.912 bits per heavy atom. The topological polar surface area (TPSA) is 46.5 Å². The Morgan fingerprint density at radius 2 is 1.59 bits per heavy atom.